The largest absolute Gasteiger partial charge is 0.443 e. The molecule has 1 amide bonds. The normalized spacial score (nSPS) is 13.5. The molecule has 0 spiro atoms. The van der Waals surface area contributed by atoms with Gasteiger partial charge in [0.1, 0.15) is 5.60 Å². The molecule has 0 saturated heterocycles. The summed E-state index contributed by atoms with van der Waals surface area (Å²) in [5, 5.41) is 0.590. The second-order valence-electron chi connectivity index (χ2n) is 7.60. The summed E-state index contributed by atoms with van der Waals surface area (Å²) in [6, 6.07) is 0. The Morgan fingerprint density at radius 3 is 2.85 bits per heavy atom. The third-order valence-corrected chi connectivity index (χ3v) is 5.17. The van der Waals surface area contributed by atoms with Crippen molar-refractivity contribution in [3.8, 4) is 0 Å². The molecular weight excluding hydrogens is 366 g/mol. The molecule has 1 aliphatic rings. The number of nitrogens with zero attached hydrogens (tertiary/aromatic N) is 4. The Balaban J connectivity index is 1.77. The van der Waals surface area contributed by atoms with Crippen LogP contribution in [0.4, 0.5) is 10.6 Å². The van der Waals surface area contributed by atoms with Crippen LogP contribution in [-0.2, 0) is 30.4 Å². The Bertz CT molecular complexity index is 913. The van der Waals surface area contributed by atoms with Crippen LogP contribution in [0.1, 0.15) is 44.1 Å². The summed E-state index contributed by atoms with van der Waals surface area (Å²) < 4.78 is 7.27. The van der Waals surface area contributed by atoms with Crippen LogP contribution in [0.2, 0.25) is 0 Å². The Morgan fingerprint density at radius 1 is 1.41 bits per heavy atom. The number of rotatable bonds is 4. The number of thioether (sulfide) groups is 1. The van der Waals surface area contributed by atoms with Crippen LogP contribution < -0.4 is 10.5 Å². The number of aromatic amines is 1. The van der Waals surface area contributed by atoms with E-state index in [0.29, 0.717) is 16.7 Å². The lowest BCUT2D eigenvalue weighted by atomic mass is 10.2. The van der Waals surface area contributed by atoms with Gasteiger partial charge < -0.3 is 14.3 Å². The minimum Gasteiger partial charge on any atom is -0.443 e. The van der Waals surface area contributed by atoms with E-state index in [2.05, 4.69) is 15.0 Å². The topological polar surface area (TPSA) is 93.1 Å². The fraction of sp³-hybridized carbons (Fsp3) is 0.556. The number of aryl methyl sites for hydroxylation is 2. The van der Waals surface area contributed by atoms with Crippen molar-refractivity contribution in [3.63, 3.8) is 0 Å². The van der Waals surface area contributed by atoms with Gasteiger partial charge in [-0.15, -0.1) is 0 Å². The van der Waals surface area contributed by atoms with Crippen LogP contribution in [0.15, 0.2) is 16.3 Å². The monoisotopic (exact) mass is 391 g/mol. The van der Waals surface area contributed by atoms with Crippen molar-refractivity contribution in [1.29, 1.82) is 0 Å². The molecule has 146 valence electrons. The zero-order valence-electron chi connectivity index (χ0n) is 16.3. The molecule has 2 aromatic heterocycles. The lowest BCUT2D eigenvalue weighted by molar-refractivity contribution is 0.0588. The average Bonchev–Trinajstić information content (AvgIpc) is 3.17. The van der Waals surface area contributed by atoms with Crippen molar-refractivity contribution in [1.82, 2.24) is 19.5 Å². The van der Waals surface area contributed by atoms with E-state index in [-0.39, 0.29) is 5.56 Å². The molecule has 0 aliphatic heterocycles. The summed E-state index contributed by atoms with van der Waals surface area (Å²) in [4.78, 5) is 37.7. The highest BCUT2D eigenvalue weighted by Gasteiger charge is 2.25. The maximum Gasteiger partial charge on any atom is 0.415 e. The average molecular weight is 391 g/mol. The molecule has 0 bridgehead atoms. The fourth-order valence-electron chi connectivity index (χ4n) is 2.93. The number of H-pyrrole nitrogens is 1. The van der Waals surface area contributed by atoms with Crippen molar-refractivity contribution in [2.24, 2.45) is 7.05 Å². The molecule has 2 heterocycles. The smallest absolute Gasteiger partial charge is 0.415 e. The number of hydrogen-bond acceptors (Lipinski definition) is 6. The van der Waals surface area contributed by atoms with Gasteiger partial charge in [0.15, 0.2) is 11.0 Å². The van der Waals surface area contributed by atoms with E-state index in [0.717, 1.165) is 36.2 Å². The van der Waals surface area contributed by atoms with Gasteiger partial charge in [0.05, 0.1) is 17.7 Å². The number of hydrogen-bond donors (Lipinski definition) is 1. The molecule has 8 nitrogen and oxygen atoms in total. The SMILES string of the molecule is CN(C(=O)OC(C)(C)C)c1ncn(C)c1CSc1nc2c(c(=O)[nH]1)CCC2. The Kier molecular flexibility index (Phi) is 5.32. The van der Waals surface area contributed by atoms with Crippen molar-refractivity contribution in [2.75, 3.05) is 11.9 Å². The summed E-state index contributed by atoms with van der Waals surface area (Å²) in [6.45, 7) is 5.47. The zero-order chi connectivity index (χ0) is 19.8. The summed E-state index contributed by atoms with van der Waals surface area (Å²) in [5.41, 5.74) is 1.93. The molecule has 0 fully saturated rings. The number of carbonyl (C=O) groups excluding carboxylic acids is 1. The zero-order valence-corrected chi connectivity index (χ0v) is 17.1. The first-order valence-corrected chi connectivity index (χ1v) is 9.86. The predicted octanol–water partition coefficient (Wildman–Crippen LogP) is 2.66. The first kappa shape index (κ1) is 19.5. The van der Waals surface area contributed by atoms with Gasteiger partial charge in [-0.25, -0.2) is 14.8 Å². The first-order chi connectivity index (χ1) is 12.7. The van der Waals surface area contributed by atoms with E-state index < -0.39 is 11.7 Å². The molecule has 1 N–H and O–H groups in total. The molecule has 9 heteroatoms. The maximum absolute atomic E-state index is 12.4. The van der Waals surface area contributed by atoms with E-state index in [1.807, 2.05) is 32.4 Å². The molecule has 0 saturated carbocycles. The minimum absolute atomic E-state index is 0.0453. The Hall–Kier alpha value is -2.29. The number of amides is 1. The van der Waals surface area contributed by atoms with E-state index in [4.69, 9.17) is 4.74 Å². The van der Waals surface area contributed by atoms with Gasteiger partial charge >= 0.3 is 6.09 Å². The van der Waals surface area contributed by atoms with Crippen molar-refractivity contribution < 1.29 is 9.53 Å². The van der Waals surface area contributed by atoms with Crippen molar-refractivity contribution >= 4 is 23.7 Å². The number of aromatic nitrogens is 4. The minimum atomic E-state index is -0.580. The third kappa shape index (κ3) is 4.35. The molecule has 2 aromatic rings. The molecule has 0 radical (unpaired) electrons. The van der Waals surface area contributed by atoms with Crippen molar-refractivity contribution in [2.45, 2.75) is 56.5 Å². The highest BCUT2D eigenvalue weighted by Crippen LogP contribution is 2.27. The second kappa shape index (κ2) is 7.38. The van der Waals surface area contributed by atoms with Crippen LogP contribution in [-0.4, -0.2) is 38.3 Å². The Morgan fingerprint density at radius 2 is 2.15 bits per heavy atom. The fourth-order valence-corrected chi connectivity index (χ4v) is 3.88. The summed E-state index contributed by atoms with van der Waals surface area (Å²) in [6.07, 6.45) is 3.83. The lowest BCUT2D eigenvalue weighted by Gasteiger charge is -2.24. The number of carbonyl (C=O) groups is 1. The maximum atomic E-state index is 12.4. The van der Waals surface area contributed by atoms with Gasteiger partial charge in [0.2, 0.25) is 0 Å². The number of ether oxygens (including phenoxy) is 1. The lowest BCUT2D eigenvalue weighted by Crippen LogP contribution is -2.34. The van der Waals surface area contributed by atoms with Gasteiger partial charge in [-0.2, -0.15) is 0 Å². The van der Waals surface area contributed by atoms with Crippen LogP contribution >= 0.6 is 11.8 Å². The van der Waals surface area contributed by atoms with Crippen LogP contribution in [0.3, 0.4) is 0 Å². The van der Waals surface area contributed by atoms with Crippen molar-refractivity contribution in [3.05, 3.63) is 33.6 Å². The number of imidazole rings is 1. The van der Waals surface area contributed by atoms with E-state index in [1.54, 1.807) is 13.4 Å². The van der Waals surface area contributed by atoms with Crippen LogP contribution in [0.5, 0.6) is 0 Å². The molecule has 0 atom stereocenters. The number of anilines is 1. The number of nitrogens with one attached hydrogen (secondary N) is 1. The predicted molar refractivity (Wildman–Crippen MR) is 104 cm³/mol. The summed E-state index contributed by atoms with van der Waals surface area (Å²) in [7, 11) is 3.51. The second-order valence-corrected chi connectivity index (χ2v) is 8.57. The first-order valence-electron chi connectivity index (χ1n) is 8.87. The summed E-state index contributed by atoms with van der Waals surface area (Å²) in [5.74, 6) is 1.04. The highest BCUT2D eigenvalue weighted by molar-refractivity contribution is 7.98. The van der Waals surface area contributed by atoms with E-state index >= 15 is 0 Å². The summed E-state index contributed by atoms with van der Waals surface area (Å²) >= 11 is 1.42. The van der Waals surface area contributed by atoms with Gasteiger partial charge in [0, 0.05) is 25.4 Å². The van der Waals surface area contributed by atoms with Gasteiger partial charge in [-0.1, -0.05) is 11.8 Å². The van der Waals surface area contributed by atoms with E-state index in [1.165, 1.54) is 16.7 Å². The molecular formula is C18H25N5O3S. The van der Waals surface area contributed by atoms with Gasteiger partial charge in [0.25, 0.3) is 5.56 Å². The van der Waals surface area contributed by atoms with Gasteiger partial charge in [-0.3, -0.25) is 9.69 Å². The Labute approximate surface area is 162 Å². The quantitative estimate of drug-likeness (QED) is 0.636. The van der Waals surface area contributed by atoms with Crippen LogP contribution in [0.25, 0.3) is 0 Å². The standard InChI is InChI=1S/C18H25N5O3S/c1-18(2,3)26-17(25)23(5)14-13(22(4)10-19-14)9-27-16-20-12-8-6-7-11(12)15(24)21-16/h10H,6-9H2,1-5H3,(H,20,21,24). The van der Waals surface area contributed by atoms with E-state index in [9.17, 15) is 9.59 Å². The molecule has 1 aliphatic carbocycles. The molecule has 27 heavy (non-hydrogen) atoms. The van der Waals surface area contributed by atoms with Crippen LogP contribution in [0, 0.1) is 0 Å². The molecule has 0 unspecified atom stereocenters. The molecule has 0 aromatic carbocycles. The molecule has 3 rings (SSSR count). The highest BCUT2D eigenvalue weighted by atomic mass is 32.2. The third-order valence-electron chi connectivity index (χ3n) is 4.29. The van der Waals surface area contributed by atoms with Gasteiger partial charge in [-0.05, 0) is 40.0 Å². The number of fused-ring (bicyclic) bond motifs is 1.